The Morgan fingerprint density at radius 1 is 0.812 bits per heavy atom. The van der Waals surface area contributed by atoms with Gasteiger partial charge in [-0.1, -0.05) is 67.6 Å². The summed E-state index contributed by atoms with van der Waals surface area (Å²) in [5.74, 6) is 2.39. The first-order valence-corrected chi connectivity index (χ1v) is 11.2. The van der Waals surface area contributed by atoms with Crippen molar-refractivity contribution in [2.24, 2.45) is 0 Å². The number of hydrogen-bond acceptors (Lipinski definition) is 4. The highest BCUT2D eigenvalue weighted by molar-refractivity contribution is 5.53. The molecule has 3 aromatic carbocycles. The van der Waals surface area contributed by atoms with E-state index in [2.05, 4.69) is 71.4 Å². The molecule has 0 N–H and O–H groups in total. The molecule has 0 atom stereocenters. The Balaban J connectivity index is 1.28. The van der Waals surface area contributed by atoms with Crippen LogP contribution in [0.5, 0.6) is 5.75 Å². The highest BCUT2D eigenvalue weighted by Gasteiger charge is 2.11. The van der Waals surface area contributed by atoms with E-state index in [1.54, 1.807) is 0 Å². The number of rotatable bonds is 10. The van der Waals surface area contributed by atoms with Gasteiger partial charge in [-0.05, 0) is 48.9 Å². The van der Waals surface area contributed by atoms with Gasteiger partial charge in [0.2, 0.25) is 5.89 Å². The van der Waals surface area contributed by atoms with E-state index < -0.39 is 0 Å². The minimum atomic E-state index is 0.566. The van der Waals surface area contributed by atoms with Gasteiger partial charge in [-0.3, -0.25) is 4.90 Å². The smallest absolute Gasteiger partial charge is 0.226 e. The number of ether oxygens (including phenoxy) is 1. The second-order valence-electron chi connectivity index (χ2n) is 7.92. The van der Waals surface area contributed by atoms with Crippen LogP contribution in [0.15, 0.2) is 89.3 Å². The topological polar surface area (TPSA) is 38.5 Å². The summed E-state index contributed by atoms with van der Waals surface area (Å²) in [6.45, 7) is 7.61. The molecule has 164 valence electrons. The summed E-state index contributed by atoms with van der Waals surface area (Å²) in [6, 6.07) is 29.0. The molecule has 1 heterocycles. The van der Waals surface area contributed by atoms with Crippen molar-refractivity contribution in [2.45, 2.75) is 33.4 Å². The monoisotopic (exact) mass is 426 g/mol. The number of benzene rings is 3. The predicted molar refractivity (Wildman–Crippen MR) is 129 cm³/mol. The molecule has 0 bridgehead atoms. The Bertz CT molecular complexity index is 1090. The maximum Gasteiger partial charge on any atom is 0.226 e. The molecule has 0 unspecified atom stereocenters. The fraction of sp³-hybridized carbons (Fsp3) is 0.250. The van der Waals surface area contributed by atoms with Crippen molar-refractivity contribution >= 4 is 0 Å². The minimum absolute atomic E-state index is 0.566. The van der Waals surface area contributed by atoms with Gasteiger partial charge in [-0.2, -0.15) is 0 Å². The zero-order valence-corrected chi connectivity index (χ0v) is 18.8. The molecule has 4 aromatic rings. The number of aryl methyl sites for hydroxylation is 1. The molecule has 0 radical (unpaired) electrons. The molecule has 1 aromatic heterocycles. The Morgan fingerprint density at radius 2 is 1.44 bits per heavy atom. The largest absolute Gasteiger partial charge is 0.493 e. The van der Waals surface area contributed by atoms with Crippen LogP contribution in [-0.2, 0) is 19.5 Å². The Hall–Kier alpha value is -3.37. The summed E-state index contributed by atoms with van der Waals surface area (Å²) >= 11 is 0. The second kappa shape index (κ2) is 10.8. The van der Waals surface area contributed by atoms with Crippen LogP contribution in [0.1, 0.15) is 29.5 Å². The normalized spacial score (nSPS) is 11.1. The van der Waals surface area contributed by atoms with Gasteiger partial charge in [0.15, 0.2) is 0 Å². The molecule has 4 heteroatoms. The van der Waals surface area contributed by atoms with Crippen molar-refractivity contribution in [2.75, 3.05) is 13.2 Å². The predicted octanol–water partition coefficient (Wildman–Crippen LogP) is 6.29. The Morgan fingerprint density at radius 3 is 2.09 bits per heavy atom. The van der Waals surface area contributed by atoms with Gasteiger partial charge in [0.05, 0.1) is 12.3 Å². The molecule has 32 heavy (non-hydrogen) atoms. The van der Waals surface area contributed by atoms with Crippen LogP contribution >= 0.6 is 0 Å². The first kappa shape index (κ1) is 21.8. The maximum absolute atomic E-state index is 5.97. The highest BCUT2D eigenvalue weighted by Crippen LogP contribution is 2.22. The zero-order chi connectivity index (χ0) is 22.2. The summed E-state index contributed by atoms with van der Waals surface area (Å²) in [5.41, 5.74) is 4.56. The summed E-state index contributed by atoms with van der Waals surface area (Å²) in [7, 11) is 0. The van der Waals surface area contributed by atoms with Crippen molar-refractivity contribution in [3.05, 3.63) is 108 Å². The van der Waals surface area contributed by atoms with Crippen LogP contribution in [0, 0.1) is 6.92 Å². The standard InChI is InChI=1S/C28H30N2O2/c1-3-30(20-23-10-6-4-7-11-23)21-24-14-16-26(17-15-24)31-19-18-27-22(2)32-28(29-27)25-12-8-5-9-13-25/h4-17H,3,18-21H2,1-2H3. The number of aromatic nitrogens is 1. The van der Waals surface area contributed by atoms with Crippen LogP contribution in [0.3, 0.4) is 0 Å². The van der Waals surface area contributed by atoms with Gasteiger partial charge in [0, 0.05) is 25.1 Å². The Kier molecular flexibility index (Phi) is 7.36. The van der Waals surface area contributed by atoms with E-state index in [0.717, 1.165) is 42.4 Å². The van der Waals surface area contributed by atoms with Crippen molar-refractivity contribution in [1.82, 2.24) is 9.88 Å². The van der Waals surface area contributed by atoms with Crippen molar-refractivity contribution in [3.63, 3.8) is 0 Å². The number of oxazole rings is 1. The van der Waals surface area contributed by atoms with Gasteiger partial charge in [0.1, 0.15) is 11.5 Å². The minimum Gasteiger partial charge on any atom is -0.493 e. The summed E-state index contributed by atoms with van der Waals surface area (Å²) < 4.78 is 11.8. The molecule has 0 saturated heterocycles. The molecule has 0 fully saturated rings. The van der Waals surface area contributed by atoms with Crippen LogP contribution in [-0.4, -0.2) is 23.0 Å². The molecule has 0 amide bonds. The van der Waals surface area contributed by atoms with E-state index in [-0.39, 0.29) is 0 Å². The van der Waals surface area contributed by atoms with Crippen molar-refractivity contribution in [1.29, 1.82) is 0 Å². The highest BCUT2D eigenvalue weighted by atomic mass is 16.5. The zero-order valence-electron chi connectivity index (χ0n) is 18.8. The summed E-state index contributed by atoms with van der Waals surface area (Å²) in [4.78, 5) is 7.08. The van der Waals surface area contributed by atoms with E-state index in [1.165, 1.54) is 11.1 Å². The van der Waals surface area contributed by atoms with Gasteiger partial charge < -0.3 is 9.15 Å². The van der Waals surface area contributed by atoms with Gasteiger partial charge in [-0.15, -0.1) is 0 Å². The molecule has 0 spiro atoms. The first-order chi connectivity index (χ1) is 15.7. The average molecular weight is 427 g/mol. The SMILES string of the molecule is CCN(Cc1ccccc1)Cc1ccc(OCCc2nc(-c3ccccc3)oc2C)cc1. The van der Waals surface area contributed by atoms with E-state index in [9.17, 15) is 0 Å². The fourth-order valence-corrected chi connectivity index (χ4v) is 3.70. The molecule has 0 aliphatic carbocycles. The third kappa shape index (κ3) is 5.86. The lowest BCUT2D eigenvalue weighted by atomic mass is 10.1. The number of hydrogen-bond donors (Lipinski definition) is 0. The van der Waals surface area contributed by atoms with E-state index in [0.29, 0.717) is 18.9 Å². The fourth-order valence-electron chi connectivity index (χ4n) is 3.70. The molecule has 0 saturated carbocycles. The first-order valence-electron chi connectivity index (χ1n) is 11.2. The lowest BCUT2D eigenvalue weighted by Crippen LogP contribution is -2.22. The van der Waals surface area contributed by atoms with E-state index >= 15 is 0 Å². The van der Waals surface area contributed by atoms with Gasteiger partial charge in [-0.25, -0.2) is 4.98 Å². The molecule has 0 aliphatic rings. The van der Waals surface area contributed by atoms with E-state index in [1.807, 2.05) is 37.3 Å². The average Bonchev–Trinajstić information content (AvgIpc) is 3.21. The van der Waals surface area contributed by atoms with Crippen molar-refractivity contribution in [3.8, 4) is 17.2 Å². The lowest BCUT2D eigenvalue weighted by Gasteiger charge is -2.20. The van der Waals surface area contributed by atoms with Gasteiger partial charge in [0.25, 0.3) is 0 Å². The molecular weight excluding hydrogens is 396 g/mol. The third-order valence-electron chi connectivity index (χ3n) is 5.55. The molecular formula is C28H30N2O2. The molecule has 4 rings (SSSR count). The van der Waals surface area contributed by atoms with Crippen LogP contribution in [0.4, 0.5) is 0 Å². The number of nitrogens with zero attached hydrogens (tertiary/aromatic N) is 2. The van der Waals surface area contributed by atoms with Crippen LogP contribution in [0.2, 0.25) is 0 Å². The van der Waals surface area contributed by atoms with Crippen molar-refractivity contribution < 1.29 is 9.15 Å². The summed E-state index contributed by atoms with van der Waals surface area (Å²) in [5, 5.41) is 0. The Labute approximate surface area is 190 Å². The van der Waals surface area contributed by atoms with E-state index in [4.69, 9.17) is 9.15 Å². The van der Waals surface area contributed by atoms with Crippen LogP contribution in [0.25, 0.3) is 11.5 Å². The van der Waals surface area contributed by atoms with Gasteiger partial charge >= 0.3 is 0 Å². The maximum atomic E-state index is 5.97. The molecule has 4 nitrogen and oxygen atoms in total. The quantitative estimate of drug-likeness (QED) is 0.299. The second-order valence-corrected chi connectivity index (χ2v) is 7.92. The lowest BCUT2D eigenvalue weighted by molar-refractivity contribution is 0.271. The molecule has 0 aliphatic heterocycles. The third-order valence-corrected chi connectivity index (χ3v) is 5.55. The van der Waals surface area contributed by atoms with Crippen LogP contribution < -0.4 is 4.74 Å². The summed E-state index contributed by atoms with van der Waals surface area (Å²) in [6.07, 6.45) is 0.713.